The Kier molecular flexibility index (Phi) is 9.27. The van der Waals surface area contributed by atoms with Crippen LogP contribution in [0.4, 0.5) is 0 Å². The summed E-state index contributed by atoms with van der Waals surface area (Å²) < 4.78 is 11.7. The highest BCUT2D eigenvalue weighted by Gasteiger charge is 2.27. The minimum absolute atomic E-state index is 0.0386. The summed E-state index contributed by atoms with van der Waals surface area (Å²) in [4.78, 5) is 24.6. The first kappa shape index (κ1) is 28.1. The third-order valence-corrected chi connectivity index (χ3v) is 6.23. The van der Waals surface area contributed by atoms with Crippen molar-refractivity contribution < 1.29 is 19.1 Å². The van der Waals surface area contributed by atoms with E-state index in [0.29, 0.717) is 27.1 Å². The van der Waals surface area contributed by atoms with Gasteiger partial charge in [-0.3, -0.25) is 4.79 Å². The van der Waals surface area contributed by atoms with E-state index in [9.17, 15) is 9.59 Å². The lowest BCUT2D eigenvalue weighted by molar-refractivity contribution is -0.123. The van der Waals surface area contributed by atoms with E-state index in [-0.39, 0.29) is 23.3 Å². The van der Waals surface area contributed by atoms with Gasteiger partial charge in [0.15, 0.2) is 6.61 Å². The van der Waals surface area contributed by atoms with Gasteiger partial charge in [0.2, 0.25) is 0 Å². The Morgan fingerprint density at radius 2 is 1.62 bits per heavy atom. The number of hydrazone groups is 1. The summed E-state index contributed by atoms with van der Waals surface area (Å²) in [5.41, 5.74) is 5.03. The van der Waals surface area contributed by atoms with E-state index in [0.717, 1.165) is 6.42 Å². The molecule has 1 amide bonds. The topological polar surface area (TPSA) is 77.0 Å². The molecule has 0 aliphatic rings. The monoisotopic (exact) mass is 564 g/mol. The van der Waals surface area contributed by atoms with Gasteiger partial charge in [0.25, 0.3) is 5.91 Å². The summed E-state index contributed by atoms with van der Waals surface area (Å²) in [6.45, 7) is 11.0. The second-order valence-corrected chi connectivity index (χ2v) is 11.5. The standard InChI is InChI=1S/C30H33BrN2O4/c1-29(2,3)20-30(4,5)22-13-15-23(16-14-22)36-19-27(34)33-32-18-21-9-8-10-24(17-21)37-28(35)25-11-6-7-12-26(25)31/h6-18H,19-20H2,1-5H3,(H,33,34)/b32-18+. The highest BCUT2D eigenvalue weighted by Crippen LogP contribution is 2.36. The zero-order valence-electron chi connectivity index (χ0n) is 21.9. The van der Waals surface area contributed by atoms with E-state index >= 15 is 0 Å². The molecule has 0 saturated carbocycles. The molecule has 0 radical (unpaired) electrons. The lowest BCUT2D eigenvalue weighted by Gasteiger charge is -2.33. The molecule has 0 unspecified atom stereocenters. The van der Waals surface area contributed by atoms with Crippen molar-refractivity contribution in [3.8, 4) is 11.5 Å². The zero-order chi connectivity index (χ0) is 27.1. The molecule has 3 rings (SSSR count). The number of hydrogen-bond donors (Lipinski definition) is 1. The van der Waals surface area contributed by atoms with Crippen molar-refractivity contribution in [2.75, 3.05) is 6.61 Å². The van der Waals surface area contributed by atoms with Crippen LogP contribution < -0.4 is 14.9 Å². The fourth-order valence-electron chi connectivity index (χ4n) is 4.24. The van der Waals surface area contributed by atoms with E-state index in [2.05, 4.69) is 61.1 Å². The van der Waals surface area contributed by atoms with Crippen LogP contribution in [-0.4, -0.2) is 24.7 Å². The molecule has 0 atom stereocenters. The summed E-state index contributed by atoms with van der Waals surface area (Å²) in [7, 11) is 0. The van der Waals surface area contributed by atoms with Gasteiger partial charge in [-0.15, -0.1) is 0 Å². The van der Waals surface area contributed by atoms with Crippen LogP contribution >= 0.6 is 15.9 Å². The molecule has 0 aliphatic heterocycles. The second-order valence-electron chi connectivity index (χ2n) is 10.7. The first-order chi connectivity index (χ1) is 17.4. The van der Waals surface area contributed by atoms with Crippen LogP contribution in [0.5, 0.6) is 11.5 Å². The molecular formula is C30H33BrN2O4. The van der Waals surface area contributed by atoms with Gasteiger partial charge in [-0.25, -0.2) is 10.2 Å². The lowest BCUT2D eigenvalue weighted by atomic mass is 9.72. The van der Waals surface area contributed by atoms with Crippen LogP contribution in [0, 0.1) is 5.41 Å². The molecule has 0 saturated heterocycles. The molecule has 0 spiro atoms. The number of carbonyl (C=O) groups is 2. The van der Waals surface area contributed by atoms with Gasteiger partial charge in [-0.05, 0) is 80.7 Å². The van der Waals surface area contributed by atoms with Crippen molar-refractivity contribution in [1.82, 2.24) is 5.43 Å². The van der Waals surface area contributed by atoms with Crippen molar-refractivity contribution in [1.29, 1.82) is 0 Å². The molecule has 37 heavy (non-hydrogen) atoms. The van der Waals surface area contributed by atoms with Crippen molar-refractivity contribution >= 4 is 34.0 Å². The number of ether oxygens (including phenoxy) is 2. The van der Waals surface area contributed by atoms with E-state index in [1.807, 2.05) is 30.3 Å². The fourth-order valence-corrected chi connectivity index (χ4v) is 4.68. The molecule has 0 aromatic heterocycles. The molecular weight excluding hydrogens is 532 g/mol. The molecule has 7 heteroatoms. The summed E-state index contributed by atoms with van der Waals surface area (Å²) in [5, 5.41) is 3.97. The molecule has 3 aromatic carbocycles. The third-order valence-electron chi connectivity index (χ3n) is 5.54. The Morgan fingerprint density at radius 1 is 0.919 bits per heavy atom. The number of benzene rings is 3. The summed E-state index contributed by atoms with van der Waals surface area (Å²) in [5.74, 6) is 0.130. The van der Waals surface area contributed by atoms with Gasteiger partial charge < -0.3 is 9.47 Å². The summed E-state index contributed by atoms with van der Waals surface area (Å²) in [6.07, 6.45) is 2.52. The van der Waals surface area contributed by atoms with E-state index in [4.69, 9.17) is 9.47 Å². The highest BCUT2D eigenvalue weighted by atomic mass is 79.9. The molecule has 194 valence electrons. The lowest BCUT2D eigenvalue weighted by Crippen LogP contribution is -2.25. The van der Waals surface area contributed by atoms with Gasteiger partial charge in [-0.2, -0.15) is 5.10 Å². The molecule has 0 bridgehead atoms. The highest BCUT2D eigenvalue weighted by molar-refractivity contribution is 9.10. The second kappa shape index (κ2) is 12.2. The zero-order valence-corrected chi connectivity index (χ0v) is 23.5. The number of rotatable bonds is 9. The maximum absolute atomic E-state index is 12.4. The van der Waals surface area contributed by atoms with Crippen LogP contribution in [-0.2, 0) is 10.2 Å². The smallest absolute Gasteiger partial charge is 0.344 e. The van der Waals surface area contributed by atoms with Gasteiger partial charge in [0.1, 0.15) is 11.5 Å². The van der Waals surface area contributed by atoms with Crippen molar-refractivity contribution in [3.05, 3.63) is 94.0 Å². The fraction of sp³-hybridized carbons (Fsp3) is 0.300. The number of carbonyl (C=O) groups excluding carboxylic acids is 2. The number of halogens is 1. The van der Waals surface area contributed by atoms with Crippen molar-refractivity contribution in [2.45, 2.75) is 46.5 Å². The summed E-state index contributed by atoms with van der Waals surface area (Å²) >= 11 is 3.35. The predicted octanol–water partition coefficient (Wildman–Crippen LogP) is 6.91. The Balaban J connectivity index is 1.49. The quantitative estimate of drug-likeness (QED) is 0.132. The van der Waals surface area contributed by atoms with Crippen LogP contribution in [0.15, 0.2) is 82.4 Å². The first-order valence-corrected chi connectivity index (χ1v) is 12.8. The van der Waals surface area contributed by atoms with Crippen molar-refractivity contribution in [3.63, 3.8) is 0 Å². The van der Waals surface area contributed by atoms with Crippen molar-refractivity contribution in [2.24, 2.45) is 10.5 Å². The maximum atomic E-state index is 12.4. The normalized spacial score (nSPS) is 11.8. The number of amides is 1. The van der Waals surface area contributed by atoms with E-state index in [1.165, 1.54) is 11.8 Å². The number of nitrogens with one attached hydrogen (secondary N) is 1. The Morgan fingerprint density at radius 3 is 2.30 bits per heavy atom. The predicted molar refractivity (Wildman–Crippen MR) is 150 cm³/mol. The SMILES string of the molecule is CC(C)(C)CC(C)(C)c1ccc(OCC(=O)N/N=C/c2cccc(OC(=O)c3ccccc3Br)c2)cc1. The first-order valence-electron chi connectivity index (χ1n) is 12.0. The van der Waals surface area contributed by atoms with Crippen LogP contribution in [0.2, 0.25) is 0 Å². The average molecular weight is 566 g/mol. The van der Waals surface area contributed by atoms with E-state index < -0.39 is 5.97 Å². The van der Waals surface area contributed by atoms with Gasteiger partial charge in [0.05, 0.1) is 11.8 Å². The molecule has 1 N–H and O–H groups in total. The van der Waals surface area contributed by atoms with E-state index in [1.54, 1.807) is 42.5 Å². The van der Waals surface area contributed by atoms with Crippen LogP contribution in [0.3, 0.4) is 0 Å². The third kappa shape index (κ3) is 8.86. The largest absolute Gasteiger partial charge is 0.484 e. The van der Waals surface area contributed by atoms with Gasteiger partial charge >= 0.3 is 5.97 Å². The van der Waals surface area contributed by atoms with Crippen LogP contribution in [0.25, 0.3) is 0 Å². The molecule has 6 nitrogen and oxygen atoms in total. The minimum atomic E-state index is -0.474. The number of esters is 1. The minimum Gasteiger partial charge on any atom is -0.484 e. The molecule has 0 heterocycles. The number of hydrogen-bond acceptors (Lipinski definition) is 5. The Labute approximate surface area is 227 Å². The van der Waals surface area contributed by atoms with Crippen LogP contribution in [0.1, 0.15) is 62.5 Å². The maximum Gasteiger partial charge on any atom is 0.344 e. The van der Waals surface area contributed by atoms with Gasteiger partial charge in [0, 0.05) is 4.47 Å². The molecule has 0 fully saturated rings. The molecule has 3 aromatic rings. The molecule has 0 aliphatic carbocycles. The summed E-state index contributed by atoms with van der Waals surface area (Å²) in [6, 6.07) is 21.8. The Bertz CT molecular complexity index is 1260. The average Bonchev–Trinajstić information content (AvgIpc) is 2.82. The number of nitrogens with zero attached hydrogens (tertiary/aromatic N) is 1. The van der Waals surface area contributed by atoms with Gasteiger partial charge in [-0.1, -0.05) is 71.0 Å². The Hall–Kier alpha value is -3.45.